The van der Waals surface area contributed by atoms with Gasteiger partial charge in [-0.05, 0) is 29.7 Å². The van der Waals surface area contributed by atoms with E-state index in [1.807, 2.05) is 25.1 Å². The summed E-state index contributed by atoms with van der Waals surface area (Å²) in [4.78, 5) is 0. The van der Waals surface area contributed by atoms with Crippen molar-refractivity contribution in [2.75, 3.05) is 7.11 Å². The molecule has 0 spiro atoms. The molecule has 2 nitrogen and oxygen atoms in total. The molecule has 0 aliphatic rings. The summed E-state index contributed by atoms with van der Waals surface area (Å²) < 4.78 is 6.07. The third-order valence-corrected chi connectivity index (χ3v) is 3.43. The SMILES string of the molecule is CCC(C)C(O)c1cc(OC)ccc1Br. The minimum absolute atomic E-state index is 0.244. The van der Waals surface area contributed by atoms with Crippen LogP contribution in [0.4, 0.5) is 0 Å². The van der Waals surface area contributed by atoms with Crippen LogP contribution in [0.2, 0.25) is 0 Å². The molecule has 1 rings (SSSR count). The maximum atomic E-state index is 10.1. The number of hydrogen-bond donors (Lipinski definition) is 1. The van der Waals surface area contributed by atoms with E-state index >= 15 is 0 Å². The molecule has 1 aromatic rings. The van der Waals surface area contributed by atoms with Gasteiger partial charge in [-0.2, -0.15) is 0 Å². The quantitative estimate of drug-likeness (QED) is 0.909. The van der Waals surface area contributed by atoms with Crippen LogP contribution in [-0.2, 0) is 0 Å². The van der Waals surface area contributed by atoms with Crippen LogP contribution < -0.4 is 4.74 Å². The summed E-state index contributed by atoms with van der Waals surface area (Å²) in [5.41, 5.74) is 0.892. The standard InChI is InChI=1S/C12H17BrO2/c1-4-8(2)12(14)10-7-9(15-3)5-6-11(10)13/h5-8,12,14H,4H2,1-3H3. The molecule has 0 aromatic heterocycles. The van der Waals surface area contributed by atoms with Crippen molar-refractivity contribution in [3.63, 3.8) is 0 Å². The van der Waals surface area contributed by atoms with E-state index < -0.39 is 6.10 Å². The van der Waals surface area contributed by atoms with Crippen molar-refractivity contribution in [1.82, 2.24) is 0 Å². The minimum Gasteiger partial charge on any atom is -0.497 e. The van der Waals surface area contributed by atoms with Gasteiger partial charge in [0.25, 0.3) is 0 Å². The van der Waals surface area contributed by atoms with Gasteiger partial charge in [-0.1, -0.05) is 36.2 Å². The predicted molar refractivity (Wildman–Crippen MR) is 65.1 cm³/mol. The highest BCUT2D eigenvalue weighted by atomic mass is 79.9. The van der Waals surface area contributed by atoms with Crippen LogP contribution in [0, 0.1) is 5.92 Å². The van der Waals surface area contributed by atoms with Gasteiger partial charge in [0, 0.05) is 4.47 Å². The molecule has 2 atom stereocenters. The monoisotopic (exact) mass is 272 g/mol. The lowest BCUT2D eigenvalue weighted by Gasteiger charge is -2.19. The Morgan fingerprint density at radius 3 is 2.67 bits per heavy atom. The van der Waals surface area contributed by atoms with Gasteiger partial charge in [-0.3, -0.25) is 0 Å². The first-order valence-corrected chi connectivity index (χ1v) is 5.91. The highest BCUT2D eigenvalue weighted by Crippen LogP contribution is 2.32. The van der Waals surface area contributed by atoms with Gasteiger partial charge in [0.2, 0.25) is 0 Å². The summed E-state index contributed by atoms with van der Waals surface area (Å²) in [5.74, 6) is 1.02. The van der Waals surface area contributed by atoms with E-state index in [2.05, 4.69) is 22.9 Å². The lowest BCUT2D eigenvalue weighted by Crippen LogP contribution is -2.08. The molecule has 0 bridgehead atoms. The van der Waals surface area contributed by atoms with Gasteiger partial charge in [0.05, 0.1) is 13.2 Å². The second-order valence-corrected chi connectivity index (χ2v) is 4.57. The van der Waals surface area contributed by atoms with Gasteiger partial charge in [0.15, 0.2) is 0 Å². The van der Waals surface area contributed by atoms with Gasteiger partial charge >= 0.3 is 0 Å². The molecule has 84 valence electrons. The molecule has 0 heterocycles. The molecule has 0 aliphatic carbocycles. The molecule has 1 aromatic carbocycles. The zero-order chi connectivity index (χ0) is 11.4. The third-order valence-electron chi connectivity index (χ3n) is 2.70. The van der Waals surface area contributed by atoms with Crippen molar-refractivity contribution in [2.45, 2.75) is 26.4 Å². The summed E-state index contributed by atoms with van der Waals surface area (Å²) in [5, 5.41) is 10.1. The topological polar surface area (TPSA) is 29.5 Å². The highest BCUT2D eigenvalue weighted by Gasteiger charge is 2.17. The molecule has 0 radical (unpaired) electrons. The molecule has 0 saturated heterocycles. The molecule has 0 aliphatic heterocycles. The Morgan fingerprint density at radius 2 is 2.13 bits per heavy atom. The molecular weight excluding hydrogens is 256 g/mol. The van der Waals surface area contributed by atoms with E-state index in [-0.39, 0.29) is 5.92 Å². The normalized spacial score (nSPS) is 14.7. The molecule has 3 heteroatoms. The van der Waals surface area contributed by atoms with Gasteiger partial charge in [-0.25, -0.2) is 0 Å². The number of methoxy groups -OCH3 is 1. The van der Waals surface area contributed by atoms with Crippen LogP contribution >= 0.6 is 15.9 Å². The number of ether oxygens (including phenoxy) is 1. The first-order chi connectivity index (χ1) is 7.10. The van der Waals surface area contributed by atoms with E-state index in [9.17, 15) is 5.11 Å². The van der Waals surface area contributed by atoms with E-state index in [0.717, 1.165) is 22.2 Å². The molecule has 2 unspecified atom stereocenters. The summed E-state index contributed by atoms with van der Waals surface area (Å²) >= 11 is 3.44. The van der Waals surface area contributed by atoms with Crippen molar-refractivity contribution in [2.24, 2.45) is 5.92 Å². The second kappa shape index (κ2) is 5.52. The lowest BCUT2D eigenvalue weighted by molar-refractivity contribution is 0.114. The average Bonchev–Trinajstić information content (AvgIpc) is 2.27. The number of aliphatic hydroxyl groups is 1. The fourth-order valence-corrected chi connectivity index (χ4v) is 1.89. The van der Waals surface area contributed by atoms with Crippen LogP contribution in [0.5, 0.6) is 5.75 Å². The Labute approximate surface area is 99.4 Å². The van der Waals surface area contributed by atoms with E-state index in [4.69, 9.17) is 4.74 Å². The maximum Gasteiger partial charge on any atom is 0.119 e. The Bertz CT molecular complexity index is 325. The molecule has 15 heavy (non-hydrogen) atoms. The molecule has 1 N–H and O–H groups in total. The van der Waals surface area contributed by atoms with Gasteiger partial charge in [0.1, 0.15) is 5.75 Å². The number of halogens is 1. The average molecular weight is 273 g/mol. The fourth-order valence-electron chi connectivity index (χ4n) is 1.41. The number of hydrogen-bond acceptors (Lipinski definition) is 2. The number of rotatable bonds is 4. The van der Waals surface area contributed by atoms with Crippen LogP contribution in [0.25, 0.3) is 0 Å². The van der Waals surface area contributed by atoms with E-state index in [1.54, 1.807) is 7.11 Å². The Hall–Kier alpha value is -0.540. The van der Waals surface area contributed by atoms with Crippen molar-refractivity contribution in [3.05, 3.63) is 28.2 Å². The Kier molecular flexibility index (Phi) is 4.61. The summed E-state index contributed by atoms with van der Waals surface area (Å²) in [6.45, 7) is 4.11. The van der Waals surface area contributed by atoms with Crippen LogP contribution in [0.1, 0.15) is 31.9 Å². The van der Waals surface area contributed by atoms with Gasteiger partial charge < -0.3 is 9.84 Å². The van der Waals surface area contributed by atoms with Crippen molar-refractivity contribution in [3.8, 4) is 5.75 Å². The lowest BCUT2D eigenvalue weighted by atomic mass is 9.95. The van der Waals surface area contributed by atoms with Crippen LogP contribution in [0.3, 0.4) is 0 Å². The molecule has 0 amide bonds. The van der Waals surface area contributed by atoms with Gasteiger partial charge in [-0.15, -0.1) is 0 Å². The molecule has 0 fully saturated rings. The number of aliphatic hydroxyl groups excluding tert-OH is 1. The van der Waals surface area contributed by atoms with Crippen molar-refractivity contribution in [1.29, 1.82) is 0 Å². The van der Waals surface area contributed by atoms with Crippen LogP contribution in [-0.4, -0.2) is 12.2 Å². The smallest absolute Gasteiger partial charge is 0.119 e. The van der Waals surface area contributed by atoms with Crippen LogP contribution in [0.15, 0.2) is 22.7 Å². The fraction of sp³-hybridized carbons (Fsp3) is 0.500. The Morgan fingerprint density at radius 1 is 1.47 bits per heavy atom. The molecular formula is C12H17BrO2. The zero-order valence-electron chi connectivity index (χ0n) is 9.33. The first kappa shape index (κ1) is 12.5. The second-order valence-electron chi connectivity index (χ2n) is 3.72. The first-order valence-electron chi connectivity index (χ1n) is 5.11. The predicted octanol–water partition coefficient (Wildman–Crippen LogP) is 3.54. The number of benzene rings is 1. The summed E-state index contributed by atoms with van der Waals surface area (Å²) in [7, 11) is 1.63. The summed E-state index contributed by atoms with van der Waals surface area (Å²) in [6.07, 6.45) is 0.504. The largest absolute Gasteiger partial charge is 0.497 e. The van der Waals surface area contributed by atoms with Crippen molar-refractivity contribution < 1.29 is 9.84 Å². The minimum atomic E-state index is -0.445. The third kappa shape index (κ3) is 2.95. The van der Waals surface area contributed by atoms with E-state index in [1.165, 1.54) is 0 Å². The molecule has 0 saturated carbocycles. The van der Waals surface area contributed by atoms with Crippen molar-refractivity contribution >= 4 is 15.9 Å². The highest BCUT2D eigenvalue weighted by molar-refractivity contribution is 9.10. The maximum absolute atomic E-state index is 10.1. The zero-order valence-corrected chi connectivity index (χ0v) is 10.9. The summed E-state index contributed by atoms with van der Waals surface area (Å²) in [6, 6.07) is 5.65. The van der Waals surface area contributed by atoms with E-state index in [0.29, 0.717) is 0 Å². The Balaban J connectivity index is 3.01.